The molecule has 58 heavy (non-hydrogen) atoms. The fraction of sp³-hybridized carbons (Fsp3) is 0.0545. The smallest absolute Gasteiger partial charge is 0.138 e. The monoisotopic (exact) mass is 742 g/mol. The quantitative estimate of drug-likeness (QED) is 0.175. The molecule has 9 aromatic carbocycles. The topological polar surface area (TPSA) is 21.3 Å². The fourth-order valence-electron chi connectivity index (χ4n) is 9.85. The molecule has 1 aliphatic rings. The standard InChI is InChI=1S/C55H38N2O/c1-55(2)46-21-11-8-18-42(46)43-31-30-41(33-47(43)55)56(38-16-4-3-5-17-38)39-26-28-40(29-27-39)57-48-22-12-9-19-44(48)53-49(57)34-51-54(45-20-10-13-23-50(45)58-51)52(53)37-25-24-35-14-6-7-15-36(35)32-37/h3-34H,1-2H3. The van der Waals surface area contributed by atoms with Crippen molar-refractivity contribution in [3.05, 3.63) is 205 Å². The van der Waals surface area contributed by atoms with Crippen LogP contribution in [0.3, 0.4) is 0 Å². The molecule has 0 amide bonds. The third kappa shape index (κ3) is 4.74. The van der Waals surface area contributed by atoms with Crippen LogP contribution in [0.4, 0.5) is 17.1 Å². The first kappa shape index (κ1) is 32.8. The van der Waals surface area contributed by atoms with E-state index in [0.717, 1.165) is 55.7 Å². The van der Waals surface area contributed by atoms with Crippen molar-refractivity contribution in [3.8, 4) is 27.9 Å². The van der Waals surface area contributed by atoms with Gasteiger partial charge in [0.05, 0.1) is 11.0 Å². The van der Waals surface area contributed by atoms with Crippen LogP contribution in [0.5, 0.6) is 0 Å². The van der Waals surface area contributed by atoms with Gasteiger partial charge in [0.1, 0.15) is 11.2 Å². The summed E-state index contributed by atoms with van der Waals surface area (Å²) < 4.78 is 9.10. The zero-order valence-corrected chi connectivity index (χ0v) is 32.3. The normalized spacial score (nSPS) is 13.1. The number of nitrogens with zero attached hydrogens (tertiary/aromatic N) is 2. The molecule has 0 saturated carbocycles. The largest absolute Gasteiger partial charge is 0.456 e. The highest BCUT2D eigenvalue weighted by molar-refractivity contribution is 6.27. The SMILES string of the molecule is CC1(C)c2ccccc2-c2ccc(N(c3ccccc3)c3ccc(-n4c5ccccc5c5c(-c6ccc7ccccc7c6)c6c(cc54)oc4ccccc46)cc3)cc21. The number of para-hydroxylation sites is 3. The van der Waals surface area contributed by atoms with E-state index in [1.165, 1.54) is 54.9 Å². The van der Waals surface area contributed by atoms with Crippen molar-refractivity contribution in [2.75, 3.05) is 4.90 Å². The summed E-state index contributed by atoms with van der Waals surface area (Å²) in [5, 5.41) is 7.16. The summed E-state index contributed by atoms with van der Waals surface area (Å²) in [5.74, 6) is 0. The Labute approximate surface area is 336 Å². The van der Waals surface area contributed by atoms with Crippen LogP contribution in [0.25, 0.3) is 82.5 Å². The van der Waals surface area contributed by atoms with Crippen LogP contribution in [0, 0.1) is 0 Å². The average molecular weight is 743 g/mol. The lowest BCUT2D eigenvalue weighted by atomic mass is 9.82. The minimum Gasteiger partial charge on any atom is -0.456 e. The van der Waals surface area contributed by atoms with Gasteiger partial charge in [0.15, 0.2) is 0 Å². The van der Waals surface area contributed by atoms with Crippen LogP contribution >= 0.6 is 0 Å². The Kier molecular flexibility index (Phi) is 6.98. The first-order valence-corrected chi connectivity index (χ1v) is 20.1. The van der Waals surface area contributed by atoms with Crippen LogP contribution < -0.4 is 4.90 Å². The Hall–Kier alpha value is -7.36. The zero-order valence-electron chi connectivity index (χ0n) is 32.3. The number of hydrogen-bond acceptors (Lipinski definition) is 2. The van der Waals surface area contributed by atoms with Gasteiger partial charge in [-0.05, 0) is 105 Å². The number of furan rings is 1. The molecule has 3 nitrogen and oxygen atoms in total. The number of hydrogen-bond donors (Lipinski definition) is 0. The Morgan fingerprint density at radius 3 is 1.98 bits per heavy atom. The summed E-state index contributed by atoms with van der Waals surface area (Å²) in [4.78, 5) is 2.38. The molecule has 1 aliphatic carbocycles. The lowest BCUT2D eigenvalue weighted by Gasteiger charge is -2.28. The predicted octanol–water partition coefficient (Wildman–Crippen LogP) is 15.3. The highest BCUT2D eigenvalue weighted by Gasteiger charge is 2.35. The van der Waals surface area contributed by atoms with E-state index in [1.807, 2.05) is 0 Å². The Bertz CT molecular complexity index is 3420. The van der Waals surface area contributed by atoms with Crippen molar-refractivity contribution in [2.45, 2.75) is 19.3 Å². The third-order valence-electron chi connectivity index (χ3n) is 12.5. The summed E-state index contributed by atoms with van der Waals surface area (Å²) in [7, 11) is 0. The Morgan fingerprint density at radius 1 is 0.448 bits per heavy atom. The van der Waals surface area contributed by atoms with E-state index >= 15 is 0 Å². The molecule has 0 radical (unpaired) electrons. The zero-order chi connectivity index (χ0) is 38.5. The molecular formula is C55H38N2O. The molecule has 274 valence electrons. The molecule has 2 aromatic heterocycles. The number of anilines is 3. The summed E-state index contributed by atoms with van der Waals surface area (Å²) in [5.41, 5.74) is 16.2. The van der Waals surface area contributed by atoms with Gasteiger partial charge in [-0.25, -0.2) is 0 Å². The van der Waals surface area contributed by atoms with Crippen molar-refractivity contribution >= 4 is 71.6 Å². The molecule has 11 aromatic rings. The van der Waals surface area contributed by atoms with Gasteiger partial charge in [-0.2, -0.15) is 0 Å². The van der Waals surface area contributed by atoms with Gasteiger partial charge in [0.2, 0.25) is 0 Å². The minimum absolute atomic E-state index is 0.0956. The highest BCUT2D eigenvalue weighted by Crippen LogP contribution is 2.51. The summed E-state index contributed by atoms with van der Waals surface area (Å²) in [6, 6.07) is 70.6. The number of aromatic nitrogens is 1. The molecule has 0 saturated heterocycles. The van der Waals surface area contributed by atoms with Crippen molar-refractivity contribution < 1.29 is 4.42 Å². The maximum absolute atomic E-state index is 6.69. The van der Waals surface area contributed by atoms with Gasteiger partial charge >= 0.3 is 0 Å². The van der Waals surface area contributed by atoms with E-state index in [9.17, 15) is 0 Å². The minimum atomic E-state index is -0.0956. The fourth-order valence-corrected chi connectivity index (χ4v) is 9.85. The molecular weight excluding hydrogens is 705 g/mol. The molecule has 0 atom stereocenters. The first-order chi connectivity index (χ1) is 28.5. The first-order valence-electron chi connectivity index (χ1n) is 20.1. The van der Waals surface area contributed by atoms with Crippen molar-refractivity contribution in [3.63, 3.8) is 0 Å². The second kappa shape index (κ2) is 12.3. The van der Waals surface area contributed by atoms with Gasteiger partial charge in [-0.3, -0.25) is 0 Å². The van der Waals surface area contributed by atoms with Crippen molar-refractivity contribution in [1.82, 2.24) is 4.57 Å². The van der Waals surface area contributed by atoms with Crippen LogP contribution in [0.15, 0.2) is 199 Å². The number of rotatable bonds is 5. The van der Waals surface area contributed by atoms with E-state index in [2.05, 4.69) is 217 Å². The summed E-state index contributed by atoms with van der Waals surface area (Å²) in [6.45, 7) is 4.69. The molecule has 3 heteroatoms. The Morgan fingerprint density at radius 2 is 1.12 bits per heavy atom. The van der Waals surface area contributed by atoms with Gasteiger partial charge in [0, 0.05) is 61.3 Å². The van der Waals surface area contributed by atoms with E-state index in [0.29, 0.717) is 0 Å². The van der Waals surface area contributed by atoms with Crippen LogP contribution in [-0.2, 0) is 5.41 Å². The lowest BCUT2D eigenvalue weighted by molar-refractivity contribution is 0.660. The van der Waals surface area contributed by atoms with Gasteiger partial charge in [-0.1, -0.05) is 135 Å². The molecule has 0 aliphatic heterocycles. The van der Waals surface area contributed by atoms with E-state index < -0.39 is 0 Å². The molecule has 0 unspecified atom stereocenters. The second-order valence-electron chi connectivity index (χ2n) is 16.1. The molecule has 0 bridgehead atoms. The van der Waals surface area contributed by atoms with Crippen LogP contribution in [0.2, 0.25) is 0 Å². The van der Waals surface area contributed by atoms with Crippen LogP contribution in [0.1, 0.15) is 25.0 Å². The van der Waals surface area contributed by atoms with E-state index in [-0.39, 0.29) is 5.41 Å². The van der Waals surface area contributed by atoms with Crippen LogP contribution in [-0.4, -0.2) is 4.57 Å². The summed E-state index contributed by atoms with van der Waals surface area (Å²) >= 11 is 0. The maximum Gasteiger partial charge on any atom is 0.138 e. The molecule has 0 N–H and O–H groups in total. The average Bonchev–Trinajstić information content (AvgIpc) is 3.88. The van der Waals surface area contributed by atoms with Gasteiger partial charge in [-0.15, -0.1) is 0 Å². The molecule has 12 rings (SSSR count). The van der Waals surface area contributed by atoms with Gasteiger partial charge < -0.3 is 13.9 Å². The number of benzene rings is 9. The maximum atomic E-state index is 6.69. The second-order valence-corrected chi connectivity index (χ2v) is 16.1. The lowest BCUT2D eigenvalue weighted by Crippen LogP contribution is -2.16. The molecule has 0 spiro atoms. The summed E-state index contributed by atoms with van der Waals surface area (Å²) in [6.07, 6.45) is 0. The van der Waals surface area contributed by atoms with Gasteiger partial charge in [0.25, 0.3) is 0 Å². The highest BCUT2D eigenvalue weighted by atomic mass is 16.3. The van der Waals surface area contributed by atoms with Crippen molar-refractivity contribution in [2.24, 2.45) is 0 Å². The Balaban J connectivity index is 1.06. The van der Waals surface area contributed by atoms with Crippen molar-refractivity contribution in [1.29, 1.82) is 0 Å². The predicted molar refractivity (Wildman–Crippen MR) is 243 cm³/mol. The van der Waals surface area contributed by atoms with E-state index in [1.54, 1.807) is 0 Å². The molecule has 2 heterocycles. The van der Waals surface area contributed by atoms with E-state index in [4.69, 9.17) is 4.42 Å². The third-order valence-corrected chi connectivity index (χ3v) is 12.5. The molecule has 0 fully saturated rings. The number of fused-ring (bicyclic) bond motifs is 10.